The van der Waals surface area contributed by atoms with Crippen LogP contribution in [0.1, 0.15) is 25.3 Å². The number of benzene rings is 1. The Morgan fingerprint density at radius 3 is 2.00 bits per heavy atom. The average Bonchev–Trinajstić information content (AvgIpc) is 2.65. The van der Waals surface area contributed by atoms with Gasteiger partial charge in [0.2, 0.25) is 0 Å². The van der Waals surface area contributed by atoms with Gasteiger partial charge in [-0.25, -0.2) is 0 Å². The molecule has 0 saturated heterocycles. The van der Waals surface area contributed by atoms with E-state index in [1.54, 1.807) is 12.1 Å². The molecule has 1 saturated carbocycles. The van der Waals surface area contributed by atoms with Crippen molar-refractivity contribution in [3.05, 3.63) is 29.8 Å². The van der Waals surface area contributed by atoms with E-state index in [9.17, 15) is 13.2 Å². The summed E-state index contributed by atoms with van der Waals surface area (Å²) < 4.78 is 36.4. The van der Waals surface area contributed by atoms with Crippen LogP contribution in [0.15, 0.2) is 29.2 Å². The zero-order valence-electron chi connectivity index (χ0n) is 9.58. The summed E-state index contributed by atoms with van der Waals surface area (Å²) in [7, 11) is 0. The molecule has 1 fully saturated rings. The second kappa shape index (κ2) is 3.92. The van der Waals surface area contributed by atoms with Crippen molar-refractivity contribution in [2.75, 3.05) is 0 Å². The van der Waals surface area contributed by atoms with Gasteiger partial charge >= 0.3 is 5.51 Å². The fourth-order valence-electron chi connectivity index (χ4n) is 2.19. The van der Waals surface area contributed by atoms with Crippen LogP contribution in [0, 0.1) is 5.41 Å². The maximum Gasteiger partial charge on any atom is 0.446 e. The van der Waals surface area contributed by atoms with Crippen LogP contribution in [0.2, 0.25) is 0 Å². The molecule has 1 aliphatic rings. The van der Waals surface area contributed by atoms with Gasteiger partial charge in [0.25, 0.3) is 0 Å². The van der Waals surface area contributed by atoms with Crippen LogP contribution >= 0.6 is 11.8 Å². The van der Waals surface area contributed by atoms with Gasteiger partial charge in [-0.1, -0.05) is 26.0 Å². The van der Waals surface area contributed by atoms with Crippen LogP contribution in [0.5, 0.6) is 0 Å². The molecule has 0 heterocycles. The number of alkyl halides is 3. The third kappa shape index (κ3) is 2.60. The predicted molar refractivity (Wildman–Crippen MR) is 62.9 cm³/mol. The third-order valence-electron chi connectivity index (χ3n) is 3.38. The quantitative estimate of drug-likeness (QED) is 0.820. The molecule has 1 aromatic rings. The Morgan fingerprint density at radius 1 is 1.18 bits per heavy atom. The van der Waals surface area contributed by atoms with Crippen molar-refractivity contribution in [2.24, 2.45) is 11.1 Å². The molecular weight excluding hydrogens is 247 g/mol. The minimum Gasteiger partial charge on any atom is -0.327 e. The summed E-state index contributed by atoms with van der Waals surface area (Å²) in [5.41, 5.74) is 2.78. The molecule has 17 heavy (non-hydrogen) atoms. The summed E-state index contributed by atoms with van der Waals surface area (Å²) in [5.74, 6) is 0.257. The molecule has 1 nitrogen and oxygen atoms in total. The van der Waals surface area contributed by atoms with Gasteiger partial charge in [0, 0.05) is 16.9 Å². The highest BCUT2D eigenvalue weighted by Gasteiger charge is 2.55. The summed E-state index contributed by atoms with van der Waals surface area (Å²) in [6.07, 6.45) is 0. The largest absolute Gasteiger partial charge is 0.446 e. The first-order chi connectivity index (χ1) is 7.72. The molecule has 2 rings (SSSR count). The number of hydrogen-bond acceptors (Lipinski definition) is 2. The number of nitrogens with two attached hydrogens (primary N) is 1. The molecule has 94 valence electrons. The topological polar surface area (TPSA) is 26.0 Å². The van der Waals surface area contributed by atoms with Crippen LogP contribution < -0.4 is 5.73 Å². The van der Waals surface area contributed by atoms with Crippen molar-refractivity contribution in [3.63, 3.8) is 0 Å². The number of rotatable bonds is 2. The van der Waals surface area contributed by atoms with Crippen molar-refractivity contribution in [3.8, 4) is 0 Å². The zero-order chi connectivity index (χ0) is 12.8. The van der Waals surface area contributed by atoms with Gasteiger partial charge in [-0.3, -0.25) is 0 Å². The van der Waals surface area contributed by atoms with Crippen molar-refractivity contribution < 1.29 is 13.2 Å². The SMILES string of the molecule is CC1(C)[C@@H](N)[C@@H]1c1ccc(SC(F)(F)F)cc1. The van der Waals surface area contributed by atoms with Gasteiger partial charge in [0.1, 0.15) is 0 Å². The van der Waals surface area contributed by atoms with Gasteiger partial charge in [-0.2, -0.15) is 13.2 Å². The Morgan fingerprint density at radius 2 is 1.65 bits per heavy atom. The molecule has 2 atom stereocenters. The van der Waals surface area contributed by atoms with E-state index in [-0.39, 0.29) is 34.0 Å². The summed E-state index contributed by atoms with van der Waals surface area (Å²) in [4.78, 5) is 0.216. The third-order valence-corrected chi connectivity index (χ3v) is 4.12. The lowest BCUT2D eigenvalue weighted by Gasteiger charge is -2.07. The van der Waals surface area contributed by atoms with Crippen molar-refractivity contribution >= 4 is 11.8 Å². The molecule has 2 N–H and O–H groups in total. The van der Waals surface area contributed by atoms with E-state index < -0.39 is 5.51 Å². The van der Waals surface area contributed by atoms with Gasteiger partial charge in [-0.15, -0.1) is 0 Å². The normalized spacial score (nSPS) is 26.9. The van der Waals surface area contributed by atoms with Crippen LogP contribution in [0.3, 0.4) is 0 Å². The lowest BCUT2D eigenvalue weighted by Crippen LogP contribution is -2.06. The van der Waals surface area contributed by atoms with Crippen molar-refractivity contribution in [1.82, 2.24) is 0 Å². The van der Waals surface area contributed by atoms with Crippen LogP contribution in [0.4, 0.5) is 13.2 Å². The summed E-state index contributed by atoms with van der Waals surface area (Å²) >= 11 is -0.0890. The van der Waals surface area contributed by atoms with Crippen LogP contribution in [-0.4, -0.2) is 11.6 Å². The van der Waals surface area contributed by atoms with E-state index in [2.05, 4.69) is 13.8 Å². The fourth-order valence-corrected chi connectivity index (χ4v) is 2.73. The minimum atomic E-state index is -4.23. The van der Waals surface area contributed by atoms with Crippen molar-refractivity contribution in [2.45, 2.75) is 36.2 Å². The molecule has 0 radical (unpaired) electrons. The highest BCUT2D eigenvalue weighted by molar-refractivity contribution is 8.00. The van der Waals surface area contributed by atoms with Crippen LogP contribution in [-0.2, 0) is 0 Å². The standard InChI is InChI=1S/C12H14F3NS/c1-11(2)9(10(11)16)7-3-5-8(6-4-7)17-12(13,14)15/h3-6,9-10H,16H2,1-2H3/t9-,10-/m0/s1. The van der Waals surface area contributed by atoms with Crippen LogP contribution in [0.25, 0.3) is 0 Å². The highest BCUT2D eigenvalue weighted by atomic mass is 32.2. The molecule has 0 amide bonds. The molecule has 0 aromatic heterocycles. The second-order valence-electron chi connectivity index (χ2n) is 4.94. The number of hydrogen-bond donors (Lipinski definition) is 1. The van der Waals surface area contributed by atoms with E-state index in [1.807, 2.05) is 0 Å². The lowest BCUT2D eigenvalue weighted by molar-refractivity contribution is -0.0328. The van der Waals surface area contributed by atoms with E-state index in [4.69, 9.17) is 5.73 Å². The number of thioether (sulfide) groups is 1. The molecule has 5 heteroatoms. The first-order valence-electron chi connectivity index (χ1n) is 5.33. The second-order valence-corrected chi connectivity index (χ2v) is 6.08. The Kier molecular flexibility index (Phi) is 2.94. The van der Waals surface area contributed by atoms with Gasteiger partial charge in [-0.05, 0) is 34.9 Å². The molecule has 0 spiro atoms. The van der Waals surface area contributed by atoms with E-state index in [0.29, 0.717) is 0 Å². The number of halogens is 3. The predicted octanol–water partition coefficient (Wildman–Crippen LogP) is 3.75. The summed E-state index contributed by atoms with van der Waals surface area (Å²) in [6.45, 7) is 4.14. The first-order valence-corrected chi connectivity index (χ1v) is 6.15. The molecule has 1 aromatic carbocycles. The van der Waals surface area contributed by atoms with E-state index in [0.717, 1.165) is 5.56 Å². The summed E-state index contributed by atoms with van der Waals surface area (Å²) in [5, 5.41) is 0. The smallest absolute Gasteiger partial charge is 0.327 e. The Bertz CT molecular complexity index is 411. The first kappa shape index (κ1) is 12.8. The maximum absolute atomic E-state index is 12.1. The van der Waals surface area contributed by atoms with E-state index in [1.165, 1.54) is 12.1 Å². The summed E-state index contributed by atoms with van der Waals surface area (Å²) in [6, 6.07) is 6.60. The highest BCUT2D eigenvalue weighted by Crippen LogP contribution is 2.57. The molecule has 0 bridgehead atoms. The molecular formula is C12H14F3NS. The Hall–Kier alpha value is -0.680. The fraction of sp³-hybridized carbons (Fsp3) is 0.500. The maximum atomic E-state index is 12.1. The van der Waals surface area contributed by atoms with Crippen molar-refractivity contribution in [1.29, 1.82) is 0 Å². The van der Waals surface area contributed by atoms with E-state index >= 15 is 0 Å². The lowest BCUT2D eigenvalue weighted by atomic mass is 10.0. The van der Waals surface area contributed by atoms with Gasteiger partial charge < -0.3 is 5.73 Å². The zero-order valence-corrected chi connectivity index (χ0v) is 10.4. The van der Waals surface area contributed by atoms with Gasteiger partial charge in [0.15, 0.2) is 0 Å². The molecule has 0 unspecified atom stereocenters. The van der Waals surface area contributed by atoms with Gasteiger partial charge in [0.05, 0.1) is 0 Å². The monoisotopic (exact) mass is 261 g/mol. The molecule has 0 aliphatic heterocycles. The average molecular weight is 261 g/mol. The minimum absolute atomic E-state index is 0.0543. The Labute approximate surface area is 103 Å². The molecule has 1 aliphatic carbocycles. The Balaban J connectivity index is 2.10.